The fourth-order valence-electron chi connectivity index (χ4n) is 0.877. The van der Waals surface area contributed by atoms with Crippen LogP contribution >= 0.6 is 0 Å². The highest BCUT2D eigenvalue weighted by Crippen LogP contribution is 1.93. The Labute approximate surface area is 85.1 Å². The summed E-state index contributed by atoms with van der Waals surface area (Å²) < 4.78 is 21.1. The Morgan fingerprint density at radius 1 is 1.43 bits per heavy atom. The van der Waals surface area contributed by atoms with E-state index in [1.807, 2.05) is 13.8 Å². The highest BCUT2D eigenvalue weighted by molar-refractivity contribution is 7.89. The summed E-state index contributed by atoms with van der Waals surface area (Å²) in [6.45, 7) is 4.18. The van der Waals surface area contributed by atoms with Gasteiger partial charge in [-0.05, 0) is 6.42 Å². The Morgan fingerprint density at radius 2 is 2.00 bits per heavy atom. The molecule has 0 aromatic heterocycles. The molecule has 0 aromatic rings. The van der Waals surface area contributed by atoms with Crippen molar-refractivity contribution in [3.63, 3.8) is 0 Å². The molecule has 0 aliphatic rings. The van der Waals surface area contributed by atoms with Gasteiger partial charge < -0.3 is 5.32 Å². The Balaban J connectivity index is 3.55. The predicted octanol–water partition coefficient (Wildman–Crippen LogP) is -0.378. The molecule has 0 saturated heterocycles. The Bertz CT molecular complexity index is 272. The van der Waals surface area contributed by atoms with Gasteiger partial charge in [-0.1, -0.05) is 13.8 Å². The lowest BCUT2D eigenvalue weighted by atomic mass is 10.2. The second kappa shape index (κ2) is 6.10. The maximum atomic E-state index is 11.1. The summed E-state index contributed by atoms with van der Waals surface area (Å²) in [4.78, 5) is 11.1. The van der Waals surface area contributed by atoms with Gasteiger partial charge in [0.05, 0.1) is 12.3 Å². The highest BCUT2D eigenvalue weighted by atomic mass is 32.2. The van der Waals surface area contributed by atoms with E-state index in [0.717, 1.165) is 0 Å². The number of rotatable bonds is 7. The average Bonchev–Trinajstić information content (AvgIpc) is 1.98. The van der Waals surface area contributed by atoms with E-state index in [1.54, 1.807) is 0 Å². The number of hydrogen-bond donors (Lipinski definition) is 2. The number of nitrogens with two attached hydrogens (primary N) is 1. The number of Topliss-reactive ketones (excluding diaryl/α,β-unsaturated/α-hetero) is 1. The molecular weight excluding hydrogens is 204 g/mol. The molecule has 3 N–H and O–H groups in total. The van der Waals surface area contributed by atoms with Crippen molar-refractivity contribution in [3.8, 4) is 0 Å². The van der Waals surface area contributed by atoms with E-state index in [-0.39, 0.29) is 24.0 Å². The quantitative estimate of drug-likeness (QED) is 0.614. The molecule has 0 amide bonds. The first-order valence-corrected chi connectivity index (χ1v) is 6.28. The van der Waals surface area contributed by atoms with E-state index in [2.05, 4.69) is 5.32 Å². The third-order valence-electron chi connectivity index (χ3n) is 1.59. The van der Waals surface area contributed by atoms with Gasteiger partial charge in [-0.25, -0.2) is 13.6 Å². The minimum absolute atomic E-state index is 0.0161. The zero-order valence-corrected chi connectivity index (χ0v) is 9.43. The van der Waals surface area contributed by atoms with Gasteiger partial charge in [0.15, 0.2) is 0 Å². The van der Waals surface area contributed by atoms with Crippen LogP contribution in [0.3, 0.4) is 0 Å². The van der Waals surface area contributed by atoms with Gasteiger partial charge in [0.2, 0.25) is 10.0 Å². The van der Waals surface area contributed by atoms with Gasteiger partial charge in [-0.15, -0.1) is 0 Å². The fourth-order valence-corrected chi connectivity index (χ4v) is 1.42. The summed E-state index contributed by atoms with van der Waals surface area (Å²) in [7, 11) is -3.42. The van der Waals surface area contributed by atoms with Crippen molar-refractivity contribution in [2.24, 2.45) is 5.14 Å². The standard InChI is InChI=1S/C8H18N2O3S/c1-7(2)10-6-8(11)4-3-5-14(9,12)13/h7,10H,3-6H2,1-2H3,(H2,9,12,13). The third kappa shape index (κ3) is 9.63. The molecule has 0 rings (SSSR count). The minimum Gasteiger partial charge on any atom is -0.308 e. The number of primary sulfonamides is 1. The van der Waals surface area contributed by atoms with Crippen molar-refractivity contribution in [1.82, 2.24) is 5.32 Å². The molecule has 6 heteroatoms. The lowest BCUT2D eigenvalue weighted by Crippen LogP contribution is -2.29. The Kier molecular flexibility index (Phi) is 5.90. The number of ketones is 1. The van der Waals surface area contributed by atoms with Crippen LogP contribution in [0.2, 0.25) is 0 Å². The topological polar surface area (TPSA) is 89.3 Å². The highest BCUT2D eigenvalue weighted by Gasteiger charge is 2.06. The molecule has 0 aliphatic carbocycles. The van der Waals surface area contributed by atoms with Crippen molar-refractivity contribution < 1.29 is 13.2 Å². The lowest BCUT2D eigenvalue weighted by Gasteiger charge is -2.06. The molecule has 0 atom stereocenters. The van der Waals surface area contributed by atoms with Crippen molar-refractivity contribution >= 4 is 15.8 Å². The molecular formula is C8H18N2O3S. The van der Waals surface area contributed by atoms with E-state index in [4.69, 9.17) is 5.14 Å². The summed E-state index contributed by atoms with van der Waals surface area (Å²) in [5, 5.41) is 7.75. The van der Waals surface area contributed by atoms with Crippen molar-refractivity contribution in [2.45, 2.75) is 32.7 Å². The molecule has 0 spiro atoms. The van der Waals surface area contributed by atoms with E-state index in [1.165, 1.54) is 0 Å². The molecule has 0 heterocycles. The number of carbonyl (C=O) groups is 1. The first kappa shape index (κ1) is 13.5. The van der Waals surface area contributed by atoms with Gasteiger partial charge in [-0.2, -0.15) is 0 Å². The molecule has 0 fully saturated rings. The van der Waals surface area contributed by atoms with Crippen LogP contribution in [0.25, 0.3) is 0 Å². The van der Waals surface area contributed by atoms with Crippen LogP contribution in [0.5, 0.6) is 0 Å². The summed E-state index contributed by atoms with van der Waals surface area (Å²) in [5.74, 6) is -0.109. The van der Waals surface area contributed by atoms with Crippen LogP contribution < -0.4 is 10.5 Å². The molecule has 0 bridgehead atoms. The van der Waals surface area contributed by atoms with Gasteiger partial charge in [0.25, 0.3) is 0 Å². The van der Waals surface area contributed by atoms with E-state index in [0.29, 0.717) is 13.0 Å². The molecule has 0 aromatic carbocycles. The fraction of sp³-hybridized carbons (Fsp3) is 0.875. The SMILES string of the molecule is CC(C)NCC(=O)CCCS(N)(=O)=O. The van der Waals surface area contributed by atoms with Crippen molar-refractivity contribution in [2.75, 3.05) is 12.3 Å². The van der Waals surface area contributed by atoms with Gasteiger partial charge in [-0.3, -0.25) is 4.79 Å². The van der Waals surface area contributed by atoms with Crippen LogP contribution in [0.15, 0.2) is 0 Å². The Morgan fingerprint density at radius 3 is 2.43 bits per heavy atom. The maximum absolute atomic E-state index is 11.1. The van der Waals surface area contributed by atoms with E-state index in [9.17, 15) is 13.2 Å². The van der Waals surface area contributed by atoms with E-state index < -0.39 is 10.0 Å². The monoisotopic (exact) mass is 222 g/mol. The first-order chi connectivity index (χ1) is 6.31. The zero-order chi connectivity index (χ0) is 11.2. The van der Waals surface area contributed by atoms with Crippen LogP contribution in [0.1, 0.15) is 26.7 Å². The number of nitrogens with one attached hydrogen (secondary N) is 1. The number of carbonyl (C=O) groups excluding carboxylic acids is 1. The molecule has 14 heavy (non-hydrogen) atoms. The van der Waals surface area contributed by atoms with E-state index >= 15 is 0 Å². The molecule has 5 nitrogen and oxygen atoms in total. The second-order valence-corrected chi connectivity index (χ2v) is 5.28. The molecule has 0 saturated carbocycles. The van der Waals surface area contributed by atoms with Crippen molar-refractivity contribution in [3.05, 3.63) is 0 Å². The summed E-state index contributed by atoms with van der Waals surface area (Å²) in [6, 6.07) is 0.261. The number of sulfonamides is 1. The van der Waals surface area contributed by atoms with Crippen LogP contribution in [0.4, 0.5) is 0 Å². The van der Waals surface area contributed by atoms with Gasteiger partial charge >= 0.3 is 0 Å². The smallest absolute Gasteiger partial charge is 0.209 e. The van der Waals surface area contributed by atoms with Crippen molar-refractivity contribution in [1.29, 1.82) is 0 Å². The maximum Gasteiger partial charge on any atom is 0.209 e. The van der Waals surface area contributed by atoms with Gasteiger partial charge in [0, 0.05) is 12.5 Å². The average molecular weight is 222 g/mol. The first-order valence-electron chi connectivity index (χ1n) is 4.57. The molecule has 0 radical (unpaired) electrons. The second-order valence-electron chi connectivity index (χ2n) is 3.54. The third-order valence-corrected chi connectivity index (χ3v) is 2.45. The van der Waals surface area contributed by atoms with Crippen LogP contribution in [-0.2, 0) is 14.8 Å². The van der Waals surface area contributed by atoms with Crippen LogP contribution in [-0.4, -0.2) is 32.5 Å². The zero-order valence-electron chi connectivity index (χ0n) is 8.62. The lowest BCUT2D eigenvalue weighted by molar-refractivity contribution is -0.118. The summed E-state index contributed by atoms with van der Waals surface area (Å²) >= 11 is 0. The molecule has 84 valence electrons. The van der Waals surface area contributed by atoms with Crippen LogP contribution in [0, 0.1) is 0 Å². The largest absolute Gasteiger partial charge is 0.308 e. The predicted molar refractivity (Wildman–Crippen MR) is 55.4 cm³/mol. The Hall–Kier alpha value is -0.460. The normalized spacial score (nSPS) is 12.0. The number of hydrogen-bond acceptors (Lipinski definition) is 4. The summed E-state index contributed by atoms with van der Waals surface area (Å²) in [6.07, 6.45) is 0.563. The summed E-state index contributed by atoms with van der Waals surface area (Å²) in [5.41, 5.74) is 0. The molecule has 0 unspecified atom stereocenters. The minimum atomic E-state index is -3.42. The molecule has 0 aliphatic heterocycles. The van der Waals surface area contributed by atoms with Gasteiger partial charge in [0.1, 0.15) is 5.78 Å².